The largest absolute Gasteiger partial charge is 0.452 e. The zero-order chi connectivity index (χ0) is 19.6. The molecule has 2 N–H and O–H groups in total. The van der Waals surface area contributed by atoms with E-state index in [4.69, 9.17) is 4.74 Å². The van der Waals surface area contributed by atoms with Crippen molar-refractivity contribution in [1.82, 2.24) is 5.32 Å². The molecule has 0 unspecified atom stereocenters. The lowest BCUT2D eigenvalue weighted by Crippen LogP contribution is -2.35. The first-order valence-electron chi connectivity index (χ1n) is 8.20. The smallest absolute Gasteiger partial charge is 0.339 e. The summed E-state index contributed by atoms with van der Waals surface area (Å²) in [4.78, 5) is 36.4. The van der Waals surface area contributed by atoms with Crippen molar-refractivity contribution in [1.29, 1.82) is 0 Å². The second-order valence-electron chi connectivity index (χ2n) is 5.34. The Morgan fingerprint density at radius 1 is 1.04 bits per heavy atom. The van der Waals surface area contributed by atoms with Crippen LogP contribution in [0.1, 0.15) is 17.3 Å². The fraction of sp³-hybridized carbons (Fsp3) is 0.211. The minimum absolute atomic E-state index is 0.296. The molecule has 0 bridgehead atoms. The maximum absolute atomic E-state index is 12.8. The summed E-state index contributed by atoms with van der Waals surface area (Å²) < 4.78 is 17.8. The number of ether oxygens (including phenoxy) is 1. The number of carbonyl (C=O) groups is 3. The van der Waals surface area contributed by atoms with Gasteiger partial charge in [-0.1, -0.05) is 19.1 Å². The van der Waals surface area contributed by atoms with Gasteiger partial charge in [0.15, 0.2) is 6.61 Å². The first-order valence-corrected chi connectivity index (χ1v) is 9.19. The van der Waals surface area contributed by atoms with Crippen LogP contribution in [-0.4, -0.2) is 36.7 Å². The van der Waals surface area contributed by atoms with Gasteiger partial charge in [-0.25, -0.2) is 9.18 Å². The summed E-state index contributed by atoms with van der Waals surface area (Å²) in [5.41, 5.74) is 0.804. The molecule has 142 valence electrons. The van der Waals surface area contributed by atoms with Crippen molar-refractivity contribution in [3.63, 3.8) is 0 Å². The number of amides is 2. The molecule has 0 aliphatic carbocycles. The van der Waals surface area contributed by atoms with Crippen LogP contribution in [0, 0.1) is 5.82 Å². The van der Waals surface area contributed by atoms with E-state index in [1.165, 1.54) is 36.0 Å². The number of halogens is 1. The molecule has 0 aliphatic rings. The van der Waals surface area contributed by atoms with Crippen LogP contribution in [0.3, 0.4) is 0 Å². The predicted molar refractivity (Wildman–Crippen MR) is 101 cm³/mol. The van der Waals surface area contributed by atoms with Gasteiger partial charge >= 0.3 is 5.97 Å². The second-order valence-corrected chi connectivity index (χ2v) is 6.64. The molecule has 0 saturated carbocycles. The fourth-order valence-electron chi connectivity index (χ4n) is 2.09. The lowest BCUT2D eigenvalue weighted by molar-refractivity contribution is -0.126. The Kier molecular flexibility index (Phi) is 7.81. The van der Waals surface area contributed by atoms with Gasteiger partial charge in [0.25, 0.3) is 5.91 Å². The highest BCUT2D eigenvalue weighted by Crippen LogP contribution is 2.22. The standard InChI is InChI=1S/C19H19FN2O4S/c1-2-27-16-6-4-3-5-15(16)19(25)26-12-18(24)21-11-17(23)22-14-9-7-13(20)8-10-14/h3-10H,2,11-12H2,1H3,(H,21,24)(H,22,23). The lowest BCUT2D eigenvalue weighted by atomic mass is 10.2. The van der Waals surface area contributed by atoms with Gasteiger partial charge in [0, 0.05) is 10.6 Å². The van der Waals surface area contributed by atoms with Gasteiger partial charge < -0.3 is 15.4 Å². The Morgan fingerprint density at radius 3 is 2.44 bits per heavy atom. The SMILES string of the molecule is CCSc1ccccc1C(=O)OCC(=O)NCC(=O)Nc1ccc(F)cc1. The average molecular weight is 390 g/mol. The lowest BCUT2D eigenvalue weighted by Gasteiger charge is -2.09. The number of rotatable bonds is 8. The number of benzene rings is 2. The van der Waals surface area contributed by atoms with E-state index in [0.717, 1.165) is 10.6 Å². The number of nitrogens with one attached hydrogen (secondary N) is 2. The summed E-state index contributed by atoms with van der Waals surface area (Å²) in [6.07, 6.45) is 0. The van der Waals surface area contributed by atoms with Crippen molar-refractivity contribution >= 4 is 35.2 Å². The molecular formula is C19H19FN2O4S. The van der Waals surface area contributed by atoms with Crippen LogP contribution in [-0.2, 0) is 14.3 Å². The third-order valence-corrected chi connectivity index (χ3v) is 4.27. The molecule has 27 heavy (non-hydrogen) atoms. The van der Waals surface area contributed by atoms with E-state index >= 15 is 0 Å². The van der Waals surface area contributed by atoms with Crippen molar-refractivity contribution in [2.24, 2.45) is 0 Å². The molecule has 0 spiro atoms. The van der Waals surface area contributed by atoms with Crippen LogP contribution in [0.15, 0.2) is 53.4 Å². The molecule has 2 aromatic carbocycles. The highest BCUT2D eigenvalue weighted by atomic mass is 32.2. The highest BCUT2D eigenvalue weighted by molar-refractivity contribution is 7.99. The molecule has 0 atom stereocenters. The fourth-order valence-corrected chi connectivity index (χ4v) is 2.89. The number of esters is 1. The number of hydrogen-bond acceptors (Lipinski definition) is 5. The van der Waals surface area contributed by atoms with E-state index in [0.29, 0.717) is 11.3 Å². The van der Waals surface area contributed by atoms with E-state index in [1.807, 2.05) is 19.1 Å². The van der Waals surface area contributed by atoms with Crippen molar-refractivity contribution in [3.8, 4) is 0 Å². The van der Waals surface area contributed by atoms with E-state index in [-0.39, 0.29) is 6.54 Å². The highest BCUT2D eigenvalue weighted by Gasteiger charge is 2.14. The Hall–Kier alpha value is -2.87. The molecular weight excluding hydrogens is 371 g/mol. The Bertz CT molecular complexity index is 812. The summed E-state index contributed by atoms with van der Waals surface area (Å²) in [5.74, 6) is -1.29. The summed E-state index contributed by atoms with van der Waals surface area (Å²) in [6.45, 7) is 1.18. The van der Waals surface area contributed by atoms with Crippen molar-refractivity contribution in [3.05, 3.63) is 59.9 Å². The monoisotopic (exact) mass is 390 g/mol. The molecule has 2 rings (SSSR count). The normalized spacial score (nSPS) is 10.1. The zero-order valence-electron chi connectivity index (χ0n) is 14.7. The number of hydrogen-bond donors (Lipinski definition) is 2. The Morgan fingerprint density at radius 2 is 1.74 bits per heavy atom. The maximum Gasteiger partial charge on any atom is 0.339 e. The zero-order valence-corrected chi connectivity index (χ0v) is 15.5. The third-order valence-electron chi connectivity index (χ3n) is 3.32. The van der Waals surface area contributed by atoms with Gasteiger partial charge in [0.2, 0.25) is 5.91 Å². The van der Waals surface area contributed by atoms with E-state index in [2.05, 4.69) is 10.6 Å². The molecule has 2 amide bonds. The maximum atomic E-state index is 12.8. The van der Waals surface area contributed by atoms with Gasteiger partial charge in [-0.3, -0.25) is 9.59 Å². The topological polar surface area (TPSA) is 84.5 Å². The van der Waals surface area contributed by atoms with Crippen molar-refractivity contribution in [2.45, 2.75) is 11.8 Å². The van der Waals surface area contributed by atoms with E-state index < -0.39 is 30.2 Å². The second kappa shape index (κ2) is 10.3. The van der Waals surface area contributed by atoms with E-state index in [9.17, 15) is 18.8 Å². The quantitative estimate of drug-likeness (QED) is 0.535. The van der Waals surface area contributed by atoms with Gasteiger partial charge in [0.05, 0.1) is 12.1 Å². The molecule has 0 aromatic heterocycles. The van der Waals surface area contributed by atoms with Crippen LogP contribution < -0.4 is 10.6 Å². The van der Waals surface area contributed by atoms with Crippen molar-refractivity contribution < 1.29 is 23.5 Å². The predicted octanol–water partition coefficient (Wildman–Crippen LogP) is 2.85. The molecule has 0 saturated heterocycles. The number of carbonyl (C=O) groups excluding carboxylic acids is 3. The minimum atomic E-state index is -0.600. The molecule has 8 heteroatoms. The molecule has 2 aromatic rings. The van der Waals surface area contributed by atoms with Crippen LogP contribution in [0.25, 0.3) is 0 Å². The average Bonchev–Trinajstić information content (AvgIpc) is 2.67. The van der Waals surface area contributed by atoms with E-state index in [1.54, 1.807) is 12.1 Å². The van der Waals surface area contributed by atoms with Crippen molar-refractivity contribution in [2.75, 3.05) is 24.2 Å². The number of thioether (sulfide) groups is 1. The Balaban J connectivity index is 1.76. The molecule has 0 heterocycles. The molecule has 0 fully saturated rings. The summed E-state index contributed by atoms with van der Waals surface area (Å²) >= 11 is 1.50. The minimum Gasteiger partial charge on any atom is -0.452 e. The molecule has 0 radical (unpaired) electrons. The van der Waals surface area contributed by atoms with Gasteiger partial charge in [-0.15, -0.1) is 11.8 Å². The van der Waals surface area contributed by atoms with Gasteiger partial charge in [0.1, 0.15) is 5.82 Å². The number of anilines is 1. The van der Waals surface area contributed by atoms with Crippen LogP contribution in [0.5, 0.6) is 0 Å². The molecule has 6 nitrogen and oxygen atoms in total. The third kappa shape index (κ3) is 6.74. The summed E-state index contributed by atoms with van der Waals surface area (Å²) in [6, 6.07) is 12.2. The summed E-state index contributed by atoms with van der Waals surface area (Å²) in [5, 5.41) is 4.86. The molecule has 0 aliphatic heterocycles. The van der Waals surface area contributed by atoms with Crippen LogP contribution in [0.4, 0.5) is 10.1 Å². The first-order chi connectivity index (χ1) is 13.0. The van der Waals surface area contributed by atoms with Gasteiger partial charge in [-0.2, -0.15) is 0 Å². The summed E-state index contributed by atoms with van der Waals surface area (Å²) in [7, 11) is 0. The van der Waals surface area contributed by atoms with Crippen LogP contribution in [0.2, 0.25) is 0 Å². The van der Waals surface area contributed by atoms with Crippen LogP contribution >= 0.6 is 11.8 Å². The Labute approximate surface area is 160 Å². The van der Waals surface area contributed by atoms with Gasteiger partial charge in [-0.05, 0) is 42.2 Å². The first kappa shape index (κ1) is 20.4.